The Bertz CT molecular complexity index is 726. The van der Waals surface area contributed by atoms with Crippen LogP contribution in [0.1, 0.15) is 18.1 Å². The first-order chi connectivity index (χ1) is 9.52. The van der Waals surface area contributed by atoms with E-state index in [-0.39, 0.29) is 10.7 Å². The summed E-state index contributed by atoms with van der Waals surface area (Å²) in [5, 5.41) is 4.00. The Morgan fingerprint density at radius 1 is 1.25 bits per heavy atom. The summed E-state index contributed by atoms with van der Waals surface area (Å²) >= 11 is 0. The zero-order valence-corrected chi connectivity index (χ0v) is 12.0. The van der Waals surface area contributed by atoms with E-state index in [1.165, 1.54) is 15.2 Å². The fourth-order valence-electron chi connectivity index (χ4n) is 2.39. The Labute approximate surface area is 117 Å². The van der Waals surface area contributed by atoms with Gasteiger partial charge in [-0.3, -0.25) is 4.68 Å². The number of anilines is 1. The number of sulfonamides is 1. The van der Waals surface area contributed by atoms with Crippen LogP contribution in [0.2, 0.25) is 0 Å². The number of aromatic nitrogens is 2. The third-order valence-corrected chi connectivity index (χ3v) is 5.32. The van der Waals surface area contributed by atoms with Crippen LogP contribution < -0.4 is 5.73 Å². The molecule has 20 heavy (non-hydrogen) atoms. The van der Waals surface area contributed by atoms with Crippen LogP contribution in [-0.2, 0) is 29.7 Å². The van der Waals surface area contributed by atoms with E-state index in [4.69, 9.17) is 5.73 Å². The summed E-state index contributed by atoms with van der Waals surface area (Å²) in [6, 6.07) is 7.73. The van der Waals surface area contributed by atoms with Crippen LogP contribution >= 0.6 is 0 Å². The van der Waals surface area contributed by atoms with Gasteiger partial charge >= 0.3 is 0 Å². The van der Waals surface area contributed by atoms with E-state index in [1.807, 2.05) is 31.2 Å². The summed E-state index contributed by atoms with van der Waals surface area (Å²) in [7, 11) is -3.60. The van der Waals surface area contributed by atoms with Crippen molar-refractivity contribution in [3.63, 3.8) is 0 Å². The maximum Gasteiger partial charge on any atom is 0.248 e. The summed E-state index contributed by atoms with van der Waals surface area (Å²) in [6.07, 6.45) is 1.49. The predicted octanol–water partition coefficient (Wildman–Crippen LogP) is 1.19. The fraction of sp³-hybridized carbons (Fsp3) is 0.308. The third kappa shape index (κ3) is 1.99. The van der Waals surface area contributed by atoms with E-state index in [9.17, 15) is 8.42 Å². The molecule has 3 rings (SSSR count). The van der Waals surface area contributed by atoms with Gasteiger partial charge in [-0.1, -0.05) is 24.3 Å². The van der Waals surface area contributed by atoms with Crippen LogP contribution in [0.5, 0.6) is 0 Å². The molecule has 1 aliphatic heterocycles. The molecule has 0 aliphatic carbocycles. The second-order valence-electron chi connectivity index (χ2n) is 4.78. The van der Waals surface area contributed by atoms with Crippen molar-refractivity contribution >= 4 is 15.8 Å². The van der Waals surface area contributed by atoms with Crippen molar-refractivity contribution < 1.29 is 8.42 Å². The van der Waals surface area contributed by atoms with Gasteiger partial charge in [-0.2, -0.15) is 9.40 Å². The van der Waals surface area contributed by atoms with Gasteiger partial charge in [0.05, 0.1) is 0 Å². The molecule has 6 nitrogen and oxygen atoms in total. The minimum absolute atomic E-state index is 0.0582. The molecule has 0 spiro atoms. The number of hydrogen-bond donors (Lipinski definition) is 1. The molecule has 7 heteroatoms. The Morgan fingerprint density at radius 3 is 2.35 bits per heavy atom. The SMILES string of the molecule is CCn1cc(S(=O)(=O)N2Cc3ccccc3C2)c(N)n1. The van der Waals surface area contributed by atoms with Gasteiger partial charge in [0.25, 0.3) is 0 Å². The van der Waals surface area contributed by atoms with Gasteiger partial charge in [0.2, 0.25) is 10.0 Å². The lowest BCUT2D eigenvalue weighted by atomic mass is 10.1. The average molecular weight is 292 g/mol. The highest BCUT2D eigenvalue weighted by atomic mass is 32.2. The summed E-state index contributed by atoms with van der Waals surface area (Å²) in [4.78, 5) is 0.0900. The summed E-state index contributed by atoms with van der Waals surface area (Å²) in [6.45, 7) is 3.24. The van der Waals surface area contributed by atoms with Gasteiger partial charge in [0.15, 0.2) is 5.82 Å². The average Bonchev–Trinajstić information content (AvgIpc) is 3.02. The maximum absolute atomic E-state index is 12.6. The number of fused-ring (bicyclic) bond motifs is 1. The first-order valence-corrected chi connectivity index (χ1v) is 7.86. The van der Waals surface area contributed by atoms with Crippen LogP contribution in [0.4, 0.5) is 5.82 Å². The van der Waals surface area contributed by atoms with Gasteiger partial charge in [0.1, 0.15) is 4.90 Å². The van der Waals surface area contributed by atoms with Gasteiger partial charge in [-0.05, 0) is 18.1 Å². The lowest BCUT2D eigenvalue weighted by Gasteiger charge is -2.14. The molecule has 0 saturated carbocycles. The second kappa shape index (κ2) is 4.60. The van der Waals surface area contributed by atoms with Crippen molar-refractivity contribution in [1.29, 1.82) is 0 Å². The summed E-state index contributed by atoms with van der Waals surface area (Å²) < 4.78 is 28.3. The van der Waals surface area contributed by atoms with Gasteiger partial charge in [-0.15, -0.1) is 0 Å². The molecule has 0 atom stereocenters. The Morgan fingerprint density at radius 2 is 1.85 bits per heavy atom. The van der Waals surface area contributed by atoms with Crippen LogP contribution in [0.25, 0.3) is 0 Å². The van der Waals surface area contributed by atoms with Crippen molar-refractivity contribution in [2.45, 2.75) is 31.5 Å². The van der Waals surface area contributed by atoms with Crippen LogP contribution in [0.3, 0.4) is 0 Å². The van der Waals surface area contributed by atoms with E-state index in [0.717, 1.165) is 11.1 Å². The molecule has 1 aromatic carbocycles. The van der Waals surface area contributed by atoms with Crippen molar-refractivity contribution in [2.75, 3.05) is 5.73 Å². The molecular formula is C13H16N4O2S. The minimum atomic E-state index is -3.60. The van der Waals surface area contributed by atoms with Crippen LogP contribution in [-0.4, -0.2) is 22.5 Å². The van der Waals surface area contributed by atoms with E-state index in [1.54, 1.807) is 0 Å². The molecule has 0 amide bonds. The van der Waals surface area contributed by atoms with E-state index in [0.29, 0.717) is 19.6 Å². The fourth-order valence-corrected chi connectivity index (χ4v) is 3.85. The van der Waals surface area contributed by atoms with Crippen molar-refractivity contribution in [1.82, 2.24) is 14.1 Å². The number of benzene rings is 1. The number of rotatable bonds is 3. The van der Waals surface area contributed by atoms with E-state index >= 15 is 0 Å². The molecule has 2 aromatic rings. The molecule has 0 bridgehead atoms. The lowest BCUT2D eigenvalue weighted by molar-refractivity contribution is 0.432. The Balaban J connectivity index is 1.96. The molecular weight excluding hydrogens is 276 g/mol. The highest BCUT2D eigenvalue weighted by Crippen LogP contribution is 2.30. The molecule has 106 valence electrons. The number of nitrogens with two attached hydrogens (primary N) is 1. The second-order valence-corrected chi connectivity index (χ2v) is 6.68. The first kappa shape index (κ1) is 13.1. The van der Waals surface area contributed by atoms with Crippen molar-refractivity contribution in [2.24, 2.45) is 0 Å². The minimum Gasteiger partial charge on any atom is -0.381 e. The quantitative estimate of drug-likeness (QED) is 0.921. The molecule has 0 fully saturated rings. The molecule has 1 aromatic heterocycles. The summed E-state index contributed by atoms with van der Waals surface area (Å²) in [5.41, 5.74) is 7.82. The zero-order valence-electron chi connectivity index (χ0n) is 11.2. The van der Waals surface area contributed by atoms with Crippen LogP contribution in [0, 0.1) is 0 Å². The highest BCUT2D eigenvalue weighted by Gasteiger charge is 2.33. The first-order valence-electron chi connectivity index (χ1n) is 6.42. The van der Waals surface area contributed by atoms with E-state index < -0.39 is 10.0 Å². The normalized spacial score (nSPS) is 15.4. The molecule has 0 unspecified atom stereocenters. The molecule has 0 radical (unpaired) electrons. The predicted molar refractivity (Wildman–Crippen MR) is 75.2 cm³/mol. The largest absolute Gasteiger partial charge is 0.381 e. The third-order valence-electron chi connectivity index (χ3n) is 3.51. The molecule has 2 heterocycles. The highest BCUT2D eigenvalue weighted by molar-refractivity contribution is 7.89. The Hall–Kier alpha value is -1.86. The van der Waals surface area contributed by atoms with Gasteiger partial charge < -0.3 is 5.73 Å². The smallest absolute Gasteiger partial charge is 0.248 e. The van der Waals surface area contributed by atoms with Crippen LogP contribution in [0.15, 0.2) is 35.4 Å². The number of hydrogen-bond acceptors (Lipinski definition) is 4. The Kier molecular flexibility index (Phi) is 3.02. The zero-order chi connectivity index (χ0) is 14.3. The standard InChI is InChI=1S/C13H16N4O2S/c1-2-16-9-12(13(14)15-16)20(18,19)17-7-10-5-3-4-6-11(10)8-17/h3-6,9H,2,7-8H2,1H3,(H2,14,15). The van der Waals surface area contributed by atoms with Crippen molar-refractivity contribution in [3.8, 4) is 0 Å². The number of nitrogen functional groups attached to an aromatic ring is 1. The van der Waals surface area contributed by atoms with Gasteiger partial charge in [-0.25, -0.2) is 8.42 Å². The summed E-state index contributed by atoms with van der Waals surface area (Å²) in [5.74, 6) is 0.0582. The van der Waals surface area contributed by atoms with Crippen molar-refractivity contribution in [3.05, 3.63) is 41.6 Å². The van der Waals surface area contributed by atoms with E-state index in [2.05, 4.69) is 5.10 Å². The van der Waals surface area contributed by atoms with Gasteiger partial charge in [0, 0.05) is 25.8 Å². The lowest BCUT2D eigenvalue weighted by Crippen LogP contribution is -2.26. The monoisotopic (exact) mass is 292 g/mol. The topological polar surface area (TPSA) is 81.2 Å². The maximum atomic E-state index is 12.6. The number of nitrogens with zero attached hydrogens (tertiary/aromatic N) is 3. The molecule has 2 N–H and O–H groups in total. The number of aryl methyl sites for hydroxylation is 1. The molecule has 1 aliphatic rings. The molecule has 0 saturated heterocycles.